The Balaban J connectivity index is 1.56. The van der Waals surface area contributed by atoms with Gasteiger partial charge in [-0.3, -0.25) is 4.99 Å². The molecule has 0 N–H and O–H groups in total. The quantitative estimate of drug-likeness (QED) is 0.539. The van der Waals surface area contributed by atoms with Crippen LogP contribution in [0, 0.1) is 24.7 Å². The summed E-state index contributed by atoms with van der Waals surface area (Å²) in [4.78, 5) is 7.64. The molecule has 0 saturated carbocycles. The van der Waals surface area contributed by atoms with Gasteiger partial charge in [0.15, 0.2) is 0 Å². The number of benzene rings is 3. The lowest BCUT2D eigenvalue weighted by atomic mass is 9.84. The summed E-state index contributed by atoms with van der Waals surface area (Å²) in [5.74, 6) is 7.05. The van der Waals surface area contributed by atoms with Gasteiger partial charge in [0.2, 0.25) is 0 Å². The van der Waals surface area contributed by atoms with Gasteiger partial charge in [0, 0.05) is 41.2 Å². The van der Waals surface area contributed by atoms with Crippen LogP contribution in [-0.2, 0) is 6.42 Å². The minimum atomic E-state index is 0.193. The van der Waals surface area contributed by atoms with Crippen molar-refractivity contribution in [2.45, 2.75) is 33.2 Å². The molecule has 0 bridgehead atoms. The molecule has 1 aliphatic heterocycles. The Kier molecular flexibility index (Phi) is 5.65. The Bertz CT molecular complexity index is 1440. The first-order valence-corrected chi connectivity index (χ1v) is 11.9. The van der Waals surface area contributed by atoms with E-state index in [9.17, 15) is 0 Å². The third kappa shape index (κ3) is 4.12. The second-order valence-electron chi connectivity index (χ2n) is 9.03. The highest BCUT2D eigenvalue weighted by Gasteiger charge is 2.26. The number of fused-ring (bicyclic) bond motifs is 4. The lowest BCUT2D eigenvalue weighted by Gasteiger charge is -2.31. The van der Waals surface area contributed by atoms with Gasteiger partial charge in [-0.05, 0) is 79.8 Å². The molecule has 2 aliphatic rings. The van der Waals surface area contributed by atoms with Crippen molar-refractivity contribution in [1.29, 1.82) is 0 Å². The number of rotatable bonds is 3. The van der Waals surface area contributed by atoms with Crippen molar-refractivity contribution in [3.8, 4) is 11.8 Å². The average molecular weight is 431 g/mol. The van der Waals surface area contributed by atoms with Crippen molar-refractivity contribution >= 4 is 17.4 Å². The fraction of sp³-hybridized carbons (Fsp3) is 0.258. The summed E-state index contributed by atoms with van der Waals surface area (Å²) in [7, 11) is 0. The van der Waals surface area contributed by atoms with Gasteiger partial charge in [-0.1, -0.05) is 54.3 Å². The predicted molar refractivity (Wildman–Crippen MR) is 139 cm³/mol. The molecular weight excluding hydrogens is 400 g/mol. The maximum absolute atomic E-state index is 5.23. The molecule has 2 nitrogen and oxygen atoms in total. The molecule has 5 rings (SSSR count). The highest BCUT2D eigenvalue weighted by Crippen LogP contribution is 2.27. The van der Waals surface area contributed by atoms with E-state index in [0.29, 0.717) is 5.92 Å². The molecule has 0 saturated heterocycles. The van der Waals surface area contributed by atoms with Gasteiger partial charge >= 0.3 is 0 Å². The minimum Gasteiger partial charge on any atom is -0.372 e. The molecule has 0 spiro atoms. The van der Waals surface area contributed by atoms with Crippen molar-refractivity contribution in [3.05, 3.63) is 105 Å². The van der Waals surface area contributed by atoms with Crippen LogP contribution in [0.3, 0.4) is 0 Å². The van der Waals surface area contributed by atoms with Gasteiger partial charge < -0.3 is 4.90 Å². The first kappa shape index (κ1) is 21.3. The van der Waals surface area contributed by atoms with Crippen LogP contribution in [-0.4, -0.2) is 24.0 Å². The van der Waals surface area contributed by atoms with Crippen LogP contribution in [0.25, 0.3) is 17.4 Å². The molecule has 0 amide bonds. The SMILES string of the molecule is C=c1cc2c(c3cc(C#Cc4ccc(C)cc4)ccc13)=NC1C=CC(N(CC)CC)=CC1C2. The molecule has 1 aliphatic carbocycles. The van der Waals surface area contributed by atoms with Gasteiger partial charge in [0.25, 0.3) is 0 Å². The van der Waals surface area contributed by atoms with Gasteiger partial charge in [0.05, 0.1) is 11.4 Å². The zero-order valence-corrected chi connectivity index (χ0v) is 19.7. The standard InChI is InChI=1S/C31H30N2/c1-5-33(6-2)27-14-16-30-25(20-27)19-26-17-22(4)28-15-13-24(18-29(28)31(26)32-30)12-11-23-9-7-21(3)8-10-23/h7-10,13-18,20,25,30H,4-6,19H2,1-3H3. The Labute approximate surface area is 196 Å². The molecule has 0 radical (unpaired) electrons. The van der Waals surface area contributed by atoms with Crippen molar-refractivity contribution < 1.29 is 0 Å². The van der Waals surface area contributed by atoms with E-state index in [2.05, 4.69) is 111 Å². The van der Waals surface area contributed by atoms with Crippen LogP contribution in [0.2, 0.25) is 0 Å². The van der Waals surface area contributed by atoms with Crippen LogP contribution < -0.4 is 10.6 Å². The summed E-state index contributed by atoms with van der Waals surface area (Å²) in [5, 5.41) is 4.51. The number of likely N-dealkylation sites (N-methyl/N-ethyl adjacent to an activating group) is 1. The smallest absolute Gasteiger partial charge is 0.0757 e. The van der Waals surface area contributed by atoms with Crippen LogP contribution in [0.4, 0.5) is 0 Å². The van der Waals surface area contributed by atoms with E-state index in [1.807, 2.05) is 0 Å². The summed E-state index contributed by atoms with van der Waals surface area (Å²) in [6.07, 6.45) is 7.95. The lowest BCUT2D eigenvalue weighted by molar-refractivity contribution is 0.381. The molecule has 33 heavy (non-hydrogen) atoms. The molecule has 3 aromatic rings. The van der Waals surface area contributed by atoms with Crippen molar-refractivity contribution in [3.63, 3.8) is 0 Å². The Morgan fingerprint density at radius 2 is 1.70 bits per heavy atom. The molecule has 0 fully saturated rings. The second-order valence-corrected chi connectivity index (χ2v) is 9.03. The molecule has 164 valence electrons. The summed E-state index contributed by atoms with van der Waals surface area (Å²) >= 11 is 0. The predicted octanol–water partition coefficient (Wildman–Crippen LogP) is 4.91. The van der Waals surface area contributed by atoms with Crippen LogP contribution in [0.5, 0.6) is 0 Å². The van der Waals surface area contributed by atoms with E-state index < -0.39 is 0 Å². The average Bonchev–Trinajstić information content (AvgIpc) is 2.83. The van der Waals surface area contributed by atoms with Crippen molar-refractivity contribution in [2.75, 3.05) is 13.1 Å². The zero-order valence-electron chi connectivity index (χ0n) is 19.7. The Morgan fingerprint density at radius 3 is 2.45 bits per heavy atom. The van der Waals surface area contributed by atoms with E-state index >= 15 is 0 Å². The number of aryl methyl sites for hydroxylation is 1. The molecule has 1 heterocycles. The highest BCUT2D eigenvalue weighted by atomic mass is 15.1. The third-order valence-corrected chi connectivity index (χ3v) is 6.83. The first-order valence-electron chi connectivity index (χ1n) is 11.9. The maximum atomic E-state index is 5.23. The van der Waals surface area contributed by atoms with E-state index in [1.54, 1.807) is 0 Å². The summed E-state index contributed by atoms with van der Waals surface area (Å²) in [5.41, 5.74) is 5.91. The van der Waals surface area contributed by atoms with Gasteiger partial charge in [-0.25, -0.2) is 0 Å². The van der Waals surface area contributed by atoms with Gasteiger partial charge in [-0.2, -0.15) is 0 Å². The normalized spacial score (nSPS) is 18.5. The lowest BCUT2D eigenvalue weighted by Crippen LogP contribution is -2.34. The van der Waals surface area contributed by atoms with E-state index in [0.717, 1.165) is 46.6 Å². The summed E-state index contributed by atoms with van der Waals surface area (Å²) < 4.78 is 0. The summed E-state index contributed by atoms with van der Waals surface area (Å²) in [6, 6.07) is 17.2. The van der Waals surface area contributed by atoms with Crippen LogP contribution in [0.1, 0.15) is 36.1 Å². The summed E-state index contributed by atoms with van der Waals surface area (Å²) in [6.45, 7) is 12.9. The second kappa shape index (κ2) is 8.75. The molecule has 2 unspecified atom stereocenters. The Morgan fingerprint density at radius 1 is 0.970 bits per heavy atom. The zero-order chi connectivity index (χ0) is 22.9. The van der Waals surface area contributed by atoms with Crippen molar-refractivity contribution in [1.82, 2.24) is 4.90 Å². The molecule has 0 aromatic heterocycles. The Hall–Kier alpha value is -3.57. The number of allylic oxidation sites excluding steroid dienone is 1. The number of hydrogen-bond acceptors (Lipinski definition) is 2. The monoisotopic (exact) mass is 430 g/mol. The van der Waals surface area contributed by atoms with Crippen molar-refractivity contribution in [2.24, 2.45) is 10.9 Å². The van der Waals surface area contributed by atoms with Crippen LogP contribution in [0.15, 0.2) is 77.4 Å². The first-order chi connectivity index (χ1) is 16.1. The van der Waals surface area contributed by atoms with E-state index in [-0.39, 0.29) is 6.04 Å². The molecule has 2 atom stereocenters. The maximum Gasteiger partial charge on any atom is 0.0757 e. The number of hydrogen-bond donors (Lipinski definition) is 0. The fourth-order valence-corrected chi connectivity index (χ4v) is 4.95. The molecule has 3 aromatic carbocycles. The van der Waals surface area contributed by atoms with Crippen LogP contribution >= 0.6 is 0 Å². The van der Waals surface area contributed by atoms with Gasteiger partial charge in [-0.15, -0.1) is 0 Å². The fourth-order valence-electron chi connectivity index (χ4n) is 4.95. The highest BCUT2D eigenvalue weighted by molar-refractivity contribution is 5.85. The largest absolute Gasteiger partial charge is 0.372 e. The third-order valence-electron chi connectivity index (χ3n) is 6.83. The van der Waals surface area contributed by atoms with E-state index in [1.165, 1.54) is 22.2 Å². The minimum absolute atomic E-state index is 0.193. The van der Waals surface area contributed by atoms with E-state index in [4.69, 9.17) is 4.99 Å². The molecule has 2 heteroatoms. The topological polar surface area (TPSA) is 15.6 Å². The molecular formula is C31H30N2. The number of nitrogens with zero attached hydrogens (tertiary/aromatic N) is 2. The van der Waals surface area contributed by atoms with Gasteiger partial charge in [0.1, 0.15) is 0 Å².